The van der Waals surface area contributed by atoms with E-state index in [0.717, 1.165) is 12.0 Å². The summed E-state index contributed by atoms with van der Waals surface area (Å²) in [6.45, 7) is 4.18. The molecule has 1 heterocycles. The second-order valence-corrected chi connectivity index (χ2v) is 9.35. The van der Waals surface area contributed by atoms with Crippen LogP contribution in [0.3, 0.4) is 0 Å². The molecule has 0 amide bonds. The van der Waals surface area contributed by atoms with Crippen molar-refractivity contribution in [2.45, 2.75) is 116 Å². The van der Waals surface area contributed by atoms with Gasteiger partial charge in [-0.2, -0.15) is 0 Å². The molecule has 2 aromatic rings. The molecule has 0 fully saturated rings. The van der Waals surface area contributed by atoms with E-state index in [4.69, 9.17) is 4.74 Å². The molecule has 0 bridgehead atoms. The summed E-state index contributed by atoms with van der Waals surface area (Å²) >= 11 is 0. The fourth-order valence-electron chi connectivity index (χ4n) is 4.04. The van der Waals surface area contributed by atoms with Crippen molar-refractivity contribution in [3.8, 4) is 17.1 Å². The normalized spacial score (nSPS) is 13.1. The molecular formula is C29H44F2N2O. The minimum Gasteiger partial charge on any atom is -0.490 e. The topological polar surface area (TPSA) is 35.0 Å². The lowest BCUT2D eigenvalue weighted by Gasteiger charge is -2.11. The monoisotopic (exact) mass is 474 g/mol. The molecule has 1 aromatic heterocycles. The molecule has 1 aromatic carbocycles. The van der Waals surface area contributed by atoms with E-state index in [-0.39, 0.29) is 19.4 Å². The maximum atomic E-state index is 13.7. The summed E-state index contributed by atoms with van der Waals surface area (Å²) in [6, 6.07) is 8.45. The van der Waals surface area contributed by atoms with E-state index in [0.29, 0.717) is 18.0 Å². The zero-order valence-electron chi connectivity index (χ0n) is 21.3. The van der Waals surface area contributed by atoms with Gasteiger partial charge in [0.25, 0.3) is 0 Å². The fraction of sp³-hybridized carbons (Fsp3) is 0.655. The molecule has 34 heavy (non-hydrogen) atoms. The van der Waals surface area contributed by atoms with Crippen LogP contribution in [0, 0.1) is 0 Å². The number of hydrogen-bond donors (Lipinski definition) is 0. The number of ether oxygens (including phenoxy) is 1. The van der Waals surface area contributed by atoms with Gasteiger partial charge in [0.1, 0.15) is 12.3 Å². The number of aromatic nitrogens is 2. The number of rotatable bonds is 19. The highest BCUT2D eigenvalue weighted by molar-refractivity contribution is 5.55. The van der Waals surface area contributed by atoms with Crippen LogP contribution in [0.1, 0.15) is 103 Å². The lowest BCUT2D eigenvalue weighted by Crippen LogP contribution is -2.13. The summed E-state index contributed by atoms with van der Waals surface area (Å²) in [6.07, 6.45) is 16.1. The largest absolute Gasteiger partial charge is 0.490 e. The van der Waals surface area contributed by atoms with Crippen molar-refractivity contribution in [3.63, 3.8) is 0 Å². The predicted octanol–water partition coefficient (Wildman–Crippen LogP) is 8.85. The molecule has 0 aliphatic rings. The Bertz CT molecular complexity index is 752. The first-order valence-corrected chi connectivity index (χ1v) is 13.4. The van der Waals surface area contributed by atoms with Gasteiger partial charge in [-0.25, -0.2) is 18.7 Å². The zero-order chi connectivity index (χ0) is 24.4. The first-order chi connectivity index (χ1) is 16.6. The average molecular weight is 475 g/mol. The van der Waals surface area contributed by atoms with E-state index >= 15 is 0 Å². The van der Waals surface area contributed by atoms with Gasteiger partial charge in [0.15, 0.2) is 11.6 Å². The van der Waals surface area contributed by atoms with Gasteiger partial charge in [0, 0.05) is 18.4 Å². The molecule has 2 unspecified atom stereocenters. The van der Waals surface area contributed by atoms with E-state index < -0.39 is 12.3 Å². The van der Waals surface area contributed by atoms with Crippen LogP contribution in [0.25, 0.3) is 11.4 Å². The molecule has 0 saturated carbocycles. The lowest BCUT2D eigenvalue weighted by atomic mass is 10.0. The van der Waals surface area contributed by atoms with Gasteiger partial charge in [-0.05, 0) is 24.8 Å². The van der Waals surface area contributed by atoms with Crippen molar-refractivity contribution < 1.29 is 13.5 Å². The van der Waals surface area contributed by atoms with E-state index in [1.54, 1.807) is 19.3 Å². The predicted molar refractivity (Wildman–Crippen MR) is 138 cm³/mol. The number of aryl methyl sites for hydroxylation is 1. The molecule has 0 radical (unpaired) electrons. The Morgan fingerprint density at radius 3 is 1.94 bits per heavy atom. The Morgan fingerprint density at radius 2 is 1.35 bits per heavy atom. The van der Waals surface area contributed by atoms with Gasteiger partial charge in [0.05, 0.1) is 19.0 Å². The summed E-state index contributed by atoms with van der Waals surface area (Å²) in [7, 11) is 0. The Morgan fingerprint density at radius 1 is 0.765 bits per heavy atom. The molecule has 5 heteroatoms. The van der Waals surface area contributed by atoms with E-state index in [2.05, 4.69) is 41.2 Å². The zero-order valence-corrected chi connectivity index (χ0v) is 21.3. The standard InChI is InChI=1S/C29H44F2N2O/c1-3-5-6-7-8-9-10-11-12-13-14-24-15-17-25(18-16-24)29-32-22-28(23-33-29)34-20-19-27(31)21-26(30)4-2/h15-18,22-23,26-27H,3-14,19-21H2,1-2H3. The Labute approximate surface area is 205 Å². The number of unbranched alkanes of at least 4 members (excludes halogenated alkanes) is 9. The first-order valence-electron chi connectivity index (χ1n) is 13.4. The van der Waals surface area contributed by atoms with E-state index in [1.807, 2.05) is 0 Å². The van der Waals surface area contributed by atoms with Crippen LogP contribution < -0.4 is 4.74 Å². The van der Waals surface area contributed by atoms with Crippen LogP contribution in [0.2, 0.25) is 0 Å². The third-order valence-corrected chi connectivity index (χ3v) is 6.31. The molecule has 190 valence electrons. The molecule has 0 N–H and O–H groups in total. The number of alkyl halides is 2. The molecule has 0 spiro atoms. The third-order valence-electron chi connectivity index (χ3n) is 6.31. The lowest BCUT2D eigenvalue weighted by molar-refractivity contribution is 0.179. The molecule has 2 atom stereocenters. The van der Waals surface area contributed by atoms with Crippen LogP contribution >= 0.6 is 0 Å². The molecular weight excluding hydrogens is 430 g/mol. The molecule has 0 aliphatic heterocycles. The first kappa shape index (κ1) is 28.2. The van der Waals surface area contributed by atoms with Gasteiger partial charge in [-0.3, -0.25) is 0 Å². The molecule has 2 rings (SSSR count). The number of halogens is 2. The van der Waals surface area contributed by atoms with E-state index in [9.17, 15) is 8.78 Å². The van der Waals surface area contributed by atoms with Crippen molar-refractivity contribution in [1.29, 1.82) is 0 Å². The quantitative estimate of drug-likeness (QED) is 0.191. The maximum Gasteiger partial charge on any atom is 0.159 e. The minimum atomic E-state index is -1.19. The van der Waals surface area contributed by atoms with Crippen LogP contribution in [-0.2, 0) is 6.42 Å². The summed E-state index contributed by atoms with van der Waals surface area (Å²) in [5.41, 5.74) is 2.32. The highest BCUT2D eigenvalue weighted by atomic mass is 19.1. The average Bonchev–Trinajstić information content (AvgIpc) is 2.86. The SMILES string of the molecule is CCCCCCCCCCCCc1ccc(-c2ncc(OCCC(F)CC(F)CC)cn2)cc1. The van der Waals surface area contributed by atoms with Crippen molar-refractivity contribution in [1.82, 2.24) is 9.97 Å². The summed E-state index contributed by atoms with van der Waals surface area (Å²) in [5, 5.41) is 0. The van der Waals surface area contributed by atoms with Crippen LogP contribution in [0.5, 0.6) is 5.75 Å². The van der Waals surface area contributed by atoms with Crippen molar-refractivity contribution in [2.75, 3.05) is 6.61 Å². The van der Waals surface area contributed by atoms with Gasteiger partial charge in [0.2, 0.25) is 0 Å². The van der Waals surface area contributed by atoms with Gasteiger partial charge < -0.3 is 4.74 Å². The maximum absolute atomic E-state index is 13.7. The third kappa shape index (κ3) is 11.9. The Kier molecular flexibility index (Phi) is 14.4. The molecule has 0 saturated heterocycles. The van der Waals surface area contributed by atoms with Gasteiger partial charge in [-0.15, -0.1) is 0 Å². The van der Waals surface area contributed by atoms with Gasteiger partial charge in [-0.1, -0.05) is 95.9 Å². The number of hydrogen-bond acceptors (Lipinski definition) is 3. The molecule has 3 nitrogen and oxygen atoms in total. The summed E-state index contributed by atoms with van der Waals surface area (Å²) < 4.78 is 32.4. The van der Waals surface area contributed by atoms with Crippen molar-refractivity contribution >= 4 is 0 Å². The second kappa shape index (κ2) is 17.4. The minimum absolute atomic E-state index is 0.0650. The van der Waals surface area contributed by atoms with Gasteiger partial charge >= 0.3 is 0 Å². The van der Waals surface area contributed by atoms with Crippen molar-refractivity contribution in [2.24, 2.45) is 0 Å². The summed E-state index contributed by atoms with van der Waals surface area (Å²) in [4.78, 5) is 8.75. The second-order valence-electron chi connectivity index (χ2n) is 9.35. The summed E-state index contributed by atoms with van der Waals surface area (Å²) in [5.74, 6) is 1.14. The molecule has 0 aliphatic carbocycles. The Balaban J connectivity index is 1.62. The van der Waals surface area contributed by atoms with Crippen LogP contribution in [0.4, 0.5) is 8.78 Å². The highest BCUT2D eigenvalue weighted by Crippen LogP contribution is 2.19. The number of nitrogens with zero attached hydrogens (tertiary/aromatic N) is 2. The Hall–Kier alpha value is -2.04. The van der Waals surface area contributed by atoms with Crippen molar-refractivity contribution in [3.05, 3.63) is 42.2 Å². The number of benzene rings is 1. The highest BCUT2D eigenvalue weighted by Gasteiger charge is 2.13. The fourth-order valence-corrected chi connectivity index (χ4v) is 4.04. The smallest absolute Gasteiger partial charge is 0.159 e. The van der Waals surface area contributed by atoms with E-state index in [1.165, 1.54) is 69.8 Å². The van der Waals surface area contributed by atoms with Crippen LogP contribution in [0.15, 0.2) is 36.7 Å². The van der Waals surface area contributed by atoms with Crippen LogP contribution in [-0.4, -0.2) is 28.9 Å².